The third-order valence-electron chi connectivity index (χ3n) is 5.70. The van der Waals surface area contributed by atoms with Crippen LogP contribution in [-0.4, -0.2) is 30.5 Å². The molecule has 8 nitrogen and oxygen atoms in total. The molecule has 0 aliphatic heterocycles. The lowest BCUT2D eigenvalue weighted by atomic mass is 9.78. The highest BCUT2D eigenvalue weighted by molar-refractivity contribution is 6.02. The first-order valence-corrected chi connectivity index (χ1v) is 9.72. The van der Waals surface area contributed by atoms with E-state index in [1.165, 1.54) is 16.9 Å². The summed E-state index contributed by atoms with van der Waals surface area (Å²) in [5.74, 6) is 0.0685. The average molecular weight is 401 g/mol. The first kappa shape index (κ1) is 18.2. The fraction of sp³-hybridized carbons (Fsp3) is 0.227. The van der Waals surface area contributed by atoms with Gasteiger partial charge in [-0.1, -0.05) is 24.3 Å². The van der Waals surface area contributed by atoms with Crippen LogP contribution in [0.1, 0.15) is 45.1 Å². The van der Waals surface area contributed by atoms with Gasteiger partial charge in [-0.15, -0.1) is 0 Å². The lowest BCUT2D eigenvalue weighted by Gasteiger charge is -2.25. The van der Waals surface area contributed by atoms with Gasteiger partial charge in [-0.05, 0) is 42.9 Å². The van der Waals surface area contributed by atoms with Gasteiger partial charge in [-0.25, -0.2) is 9.97 Å². The average Bonchev–Trinajstić information content (AvgIpc) is 3.04. The molecule has 0 fully saturated rings. The number of H-pyrrole nitrogens is 2. The number of pyridine rings is 1. The zero-order valence-electron chi connectivity index (χ0n) is 16.5. The van der Waals surface area contributed by atoms with E-state index in [0.29, 0.717) is 40.7 Å². The number of nitrogens with one attached hydrogen (secondary N) is 2. The summed E-state index contributed by atoms with van der Waals surface area (Å²) in [5, 5.41) is 3.28. The Morgan fingerprint density at radius 1 is 1.10 bits per heavy atom. The zero-order chi connectivity index (χ0) is 21.0. The summed E-state index contributed by atoms with van der Waals surface area (Å²) >= 11 is 0. The largest absolute Gasteiger partial charge is 0.294 e. The molecule has 3 aromatic heterocycles. The van der Waals surface area contributed by atoms with Crippen LogP contribution in [0.3, 0.4) is 0 Å². The molecule has 1 atom stereocenters. The van der Waals surface area contributed by atoms with E-state index in [0.717, 1.165) is 11.1 Å². The molecule has 2 N–H and O–H groups in total. The summed E-state index contributed by atoms with van der Waals surface area (Å²) in [4.78, 5) is 49.1. The Hall–Kier alpha value is -3.81. The van der Waals surface area contributed by atoms with E-state index in [9.17, 15) is 14.4 Å². The quantitative estimate of drug-likeness (QED) is 0.535. The summed E-state index contributed by atoms with van der Waals surface area (Å²) in [6.07, 6.45) is 2.48. The third-order valence-corrected chi connectivity index (χ3v) is 5.70. The highest BCUT2D eigenvalue weighted by atomic mass is 16.1. The van der Waals surface area contributed by atoms with Crippen molar-refractivity contribution in [3.8, 4) is 5.95 Å². The van der Waals surface area contributed by atoms with Crippen LogP contribution in [0.2, 0.25) is 0 Å². The van der Waals surface area contributed by atoms with Crippen LogP contribution in [0.15, 0.2) is 46.1 Å². The second kappa shape index (κ2) is 6.62. The van der Waals surface area contributed by atoms with Crippen LogP contribution < -0.4 is 11.1 Å². The number of aryl methyl sites for hydroxylation is 2. The molecular weight excluding hydrogens is 382 g/mol. The van der Waals surface area contributed by atoms with Crippen LogP contribution in [0.25, 0.3) is 17.0 Å². The van der Waals surface area contributed by atoms with Gasteiger partial charge in [0.2, 0.25) is 5.95 Å². The number of aromatic nitrogens is 5. The minimum atomic E-state index is -0.388. The summed E-state index contributed by atoms with van der Waals surface area (Å²) in [7, 11) is 0. The monoisotopic (exact) mass is 401 g/mol. The van der Waals surface area contributed by atoms with Crippen molar-refractivity contribution >= 4 is 16.8 Å². The summed E-state index contributed by atoms with van der Waals surface area (Å²) < 4.78 is 1.17. The molecule has 1 aromatic carbocycles. The van der Waals surface area contributed by atoms with Crippen LogP contribution in [-0.2, 0) is 6.42 Å². The Bertz CT molecular complexity index is 1440. The zero-order valence-corrected chi connectivity index (χ0v) is 16.5. The van der Waals surface area contributed by atoms with Crippen LogP contribution in [0.5, 0.6) is 0 Å². The maximum absolute atomic E-state index is 13.3. The first-order chi connectivity index (χ1) is 14.4. The second-order valence-corrected chi connectivity index (χ2v) is 7.72. The molecule has 1 aliphatic rings. The summed E-state index contributed by atoms with van der Waals surface area (Å²) in [6.45, 7) is 3.71. The topological polar surface area (TPSA) is 113 Å². The Kier molecular flexibility index (Phi) is 4.02. The Morgan fingerprint density at radius 2 is 1.90 bits per heavy atom. The molecule has 0 bridgehead atoms. The fourth-order valence-corrected chi connectivity index (χ4v) is 4.32. The van der Waals surface area contributed by atoms with E-state index in [4.69, 9.17) is 0 Å². The van der Waals surface area contributed by atoms with E-state index < -0.39 is 0 Å². The Morgan fingerprint density at radius 3 is 2.67 bits per heavy atom. The molecule has 3 heterocycles. The van der Waals surface area contributed by atoms with Crippen molar-refractivity contribution in [2.24, 2.45) is 0 Å². The molecule has 0 unspecified atom stereocenters. The van der Waals surface area contributed by atoms with Gasteiger partial charge in [0.15, 0.2) is 11.4 Å². The SMILES string of the molecule is Cc1cc(=O)[nH]c(-n2[nH]c3ncc4c(c3c2=O)C[C@@H](c2ccccc2C)CC4=O)n1. The number of aromatic amines is 2. The molecule has 5 rings (SSSR count). The van der Waals surface area contributed by atoms with Crippen molar-refractivity contribution in [2.45, 2.75) is 32.6 Å². The first-order valence-electron chi connectivity index (χ1n) is 9.72. The molecular formula is C22H19N5O3. The molecule has 0 saturated carbocycles. The molecule has 0 spiro atoms. The van der Waals surface area contributed by atoms with E-state index in [1.54, 1.807) is 6.92 Å². The van der Waals surface area contributed by atoms with Gasteiger partial charge in [0.05, 0.1) is 5.39 Å². The third kappa shape index (κ3) is 2.80. The highest BCUT2D eigenvalue weighted by Gasteiger charge is 2.30. The van der Waals surface area contributed by atoms with E-state index in [1.807, 2.05) is 31.2 Å². The van der Waals surface area contributed by atoms with Gasteiger partial charge >= 0.3 is 0 Å². The predicted octanol–water partition coefficient (Wildman–Crippen LogP) is 2.33. The standard InChI is InChI=1S/C22H19N5O3/c1-11-5-3-4-6-14(11)13-8-15-16(17(28)9-13)10-23-20-19(15)21(30)27(26-20)22-24-12(2)7-18(29)25-22/h3-7,10,13H,8-9H2,1-2H3,(H,23,26)(H,24,25,29)/t13-/m1/s1. The number of rotatable bonds is 2. The van der Waals surface area contributed by atoms with Gasteiger partial charge in [-0.2, -0.15) is 4.68 Å². The number of benzene rings is 1. The second-order valence-electron chi connectivity index (χ2n) is 7.72. The maximum Gasteiger partial charge on any atom is 0.283 e. The molecule has 0 saturated heterocycles. The van der Waals surface area contributed by atoms with Gasteiger partial charge in [0.25, 0.3) is 11.1 Å². The van der Waals surface area contributed by atoms with E-state index in [-0.39, 0.29) is 28.8 Å². The number of ketones is 1. The number of nitrogens with zero attached hydrogens (tertiary/aromatic N) is 3. The van der Waals surface area contributed by atoms with Crippen LogP contribution >= 0.6 is 0 Å². The lowest BCUT2D eigenvalue weighted by molar-refractivity contribution is 0.0964. The summed E-state index contributed by atoms with van der Waals surface area (Å²) in [6, 6.07) is 9.35. The number of carbonyl (C=O) groups excluding carboxylic acids is 1. The molecule has 0 radical (unpaired) electrons. The molecule has 30 heavy (non-hydrogen) atoms. The van der Waals surface area contributed by atoms with Gasteiger partial charge in [0.1, 0.15) is 0 Å². The normalized spacial score (nSPS) is 16.1. The number of hydrogen-bond acceptors (Lipinski definition) is 5. The Labute approximate surface area is 170 Å². The van der Waals surface area contributed by atoms with Gasteiger partial charge in [-0.3, -0.25) is 24.5 Å². The number of Topliss-reactive ketones (excluding diaryl/α,β-unsaturated/α-hetero) is 1. The van der Waals surface area contributed by atoms with Crippen molar-refractivity contribution in [3.05, 3.63) is 85.2 Å². The van der Waals surface area contributed by atoms with Gasteiger partial charge < -0.3 is 0 Å². The molecule has 4 aromatic rings. The van der Waals surface area contributed by atoms with Crippen LogP contribution in [0, 0.1) is 13.8 Å². The predicted molar refractivity (Wildman–Crippen MR) is 111 cm³/mol. The van der Waals surface area contributed by atoms with Crippen molar-refractivity contribution in [1.29, 1.82) is 0 Å². The highest BCUT2D eigenvalue weighted by Crippen LogP contribution is 2.35. The number of hydrogen-bond donors (Lipinski definition) is 2. The smallest absolute Gasteiger partial charge is 0.283 e. The van der Waals surface area contributed by atoms with Crippen molar-refractivity contribution < 1.29 is 4.79 Å². The Balaban J connectivity index is 1.71. The summed E-state index contributed by atoms with van der Waals surface area (Å²) in [5.41, 5.74) is 3.53. The van der Waals surface area contributed by atoms with Gasteiger partial charge in [0, 0.05) is 29.9 Å². The van der Waals surface area contributed by atoms with Crippen LogP contribution in [0.4, 0.5) is 0 Å². The van der Waals surface area contributed by atoms with E-state index in [2.05, 4.69) is 20.1 Å². The number of carbonyl (C=O) groups is 1. The maximum atomic E-state index is 13.3. The number of fused-ring (bicyclic) bond motifs is 3. The molecule has 8 heteroatoms. The molecule has 0 amide bonds. The molecule has 150 valence electrons. The molecule has 1 aliphatic carbocycles. The van der Waals surface area contributed by atoms with Crippen molar-refractivity contribution in [2.75, 3.05) is 0 Å². The minimum Gasteiger partial charge on any atom is -0.294 e. The fourth-order valence-electron chi connectivity index (χ4n) is 4.32. The van der Waals surface area contributed by atoms with Crippen molar-refractivity contribution in [1.82, 2.24) is 24.7 Å². The lowest BCUT2D eigenvalue weighted by Crippen LogP contribution is -2.24. The van der Waals surface area contributed by atoms with Crippen molar-refractivity contribution in [3.63, 3.8) is 0 Å². The minimum absolute atomic E-state index is 0.00329. The van der Waals surface area contributed by atoms with E-state index >= 15 is 0 Å².